The van der Waals surface area contributed by atoms with Crippen LogP contribution in [0.3, 0.4) is 0 Å². The van der Waals surface area contributed by atoms with Crippen molar-refractivity contribution in [3.63, 3.8) is 0 Å². The molecule has 2 aliphatic carbocycles. The van der Waals surface area contributed by atoms with Gasteiger partial charge in [0.25, 0.3) is 5.56 Å². The van der Waals surface area contributed by atoms with E-state index in [4.69, 9.17) is 14.5 Å². The monoisotopic (exact) mass is 545 g/mol. The zero-order chi connectivity index (χ0) is 27.3. The second-order valence-electron chi connectivity index (χ2n) is 12.5. The maximum atomic E-state index is 13.0. The van der Waals surface area contributed by atoms with E-state index in [2.05, 4.69) is 46.4 Å². The van der Waals surface area contributed by atoms with Crippen LogP contribution in [0.5, 0.6) is 0 Å². The fourth-order valence-electron chi connectivity index (χ4n) is 7.43. The number of nitrogens with zero attached hydrogens (tertiary/aromatic N) is 4. The minimum absolute atomic E-state index is 0.0328. The Morgan fingerprint density at radius 1 is 1.10 bits per heavy atom. The average Bonchev–Trinajstić information content (AvgIpc) is 3.47. The summed E-state index contributed by atoms with van der Waals surface area (Å²) in [5.41, 5.74) is 2.66. The molecular formula is C31H39N5O4. The van der Waals surface area contributed by atoms with Gasteiger partial charge in [0.15, 0.2) is 0 Å². The molecule has 4 aliphatic rings. The van der Waals surface area contributed by atoms with Crippen LogP contribution in [0.4, 0.5) is 17.3 Å². The molecule has 2 bridgehead atoms. The lowest BCUT2D eigenvalue weighted by Crippen LogP contribution is -2.50. The molecule has 4 fully saturated rings. The number of aromatic nitrogens is 3. The molecule has 212 valence electrons. The first-order chi connectivity index (χ1) is 19.5. The van der Waals surface area contributed by atoms with E-state index in [-0.39, 0.29) is 29.7 Å². The number of rotatable bonds is 8. The lowest BCUT2D eigenvalue weighted by Gasteiger charge is -2.41. The molecule has 4 heterocycles. The summed E-state index contributed by atoms with van der Waals surface area (Å²) in [6.07, 6.45) is 7.54. The number of ether oxygens (including phenoxy) is 2. The maximum absolute atomic E-state index is 13.0. The number of piperidine rings is 1. The van der Waals surface area contributed by atoms with Gasteiger partial charge in [0.2, 0.25) is 5.95 Å². The standard InChI is InChI=1S/C31H39N5O4/c1-20-21-2-8-26(20)27(14-21)36-28(38)9-3-22-15-32-30(34-29(22)36)33-23-4-6-24(7-5-23)35-12-10-25(11-13-35)40-19-31(16-37)17-39-18-31/h3-7,9,15,20-21,25-27,37H,2,8,10-14,16-19H2,1H3,(H,32,33,34)/t20-,21?,26?,27?/m1/s1. The summed E-state index contributed by atoms with van der Waals surface area (Å²) in [5, 5.41) is 13.9. The number of pyridine rings is 1. The van der Waals surface area contributed by atoms with Gasteiger partial charge in [-0.1, -0.05) is 6.92 Å². The molecule has 2 saturated heterocycles. The van der Waals surface area contributed by atoms with Crippen LogP contribution in [-0.4, -0.2) is 65.3 Å². The Morgan fingerprint density at radius 3 is 2.55 bits per heavy atom. The highest BCUT2D eigenvalue weighted by Gasteiger charge is 2.47. The zero-order valence-electron chi connectivity index (χ0n) is 23.2. The van der Waals surface area contributed by atoms with Gasteiger partial charge < -0.3 is 24.8 Å². The number of benzene rings is 1. The average molecular weight is 546 g/mol. The van der Waals surface area contributed by atoms with Gasteiger partial charge in [-0.3, -0.25) is 9.36 Å². The largest absolute Gasteiger partial charge is 0.396 e. The first kappa shape index (κ1) is 25.9. The van der Waals surface area contributed by atoms with E-state index in [0.717, 1.165) is 49.1 Å². The fraction of sp³-hybridized carbons (Fsp3) is 0.581. The number of aliphatic hydroxyl groups excluding tert-OH is 1. The molecule has 0 spiro atoms. The van der Waals surface area contributed by atoms with Gasteiger partial charge in [-0.2, -0.15) is 4.98 Å². The van der Waals surface area contributed by atoms with Crippen molar-refractivity contribution in [2.45, 2.75) is 51.2 Å². The lowest BCUT2D eigenvalue weighted by atomic mass is 9.88. The number of hydrogen-bond acceptors (Lipinski definition) is 8. The Kier molecular flexibility index (Phi) is 6.76. The first-order valence-corrected chi connectivity index (χ1v) is 14.8. The molecular weight excluding hydrogens is 506 g/mol. The Balaban J connectivity index is 1.01. The minimum Gasteiger partial charge on any atom is -0.396 e. The predicted octanol–water partition coefficient (Wildman–Crippen LogP) is 4.14. The predicted molar refractivity (Wildman–Crippen MR) is 154 cm³/mol. The molecule has 40 heavy (non-hydrogen) atoms. The van der Waals surface area contributed by atoms with Crippen LogP contribution in [-0.2, 0) is 9.47 Å². The van der Waals surface area contributed by atoms with Gasteiger partial charge >= 0.3 is 0 Å². The maximum Gasteiger partial charge on any atom is 0.252 e. The second-order valence-corrected chi connectivity index (χ2v) is 12.5. The van der Waals surface area contributed by atoms with E-state index in [1.165, 1.54) is 18.5 Å². The van der Waals surface area contributed by atoms with E-state index in [1.807, 2.05) is 16.8 Å². The van der Waals surface area contributed by atoms with Crippen LogP contribution in [0.2, 0.25) is 0 Å². The summed E-state index contributed by atoms with van der Waals surface area (Å²) in [6.45, 7) is 6.10. The Labute approximate surface area is 234 Å². The topological polar surface area (TPSA) is 102 Å². The van der Waals surface area contributed by atoms with E-state index in [9.17, 15) is 9.90 Å². The fourth-order valence-corrected chi connectivity index (χ4v) is 7.43. The highest BCUT2D eigenvalue weighted by molar-refractivity contribution is 5.76. The first-order valence-electron chi connectivity index (χ1n) is 14.8. The summed E-state index contributed by atoms with van der Waals surface area (Å²) in [4.78, 5) is 24.8. The van der Waals surface area contributed by atoms with Crippen molar-refractivity contribution in [3.05, 3.63) is 52.9 Å². The van der Waals surface area contributed by atoms with Crippen molar-refractivity contribution in [2.75, 3.05) is 49.7 Å². The van der Waals surface area contributed by atoms with Gasteiger partial charge in [0.05, 0.1) is 37.9 Å². The Hall–Kier alpha value is -3.01. The van der Waals surface area contributed by atoms with Crippen LogP contribution >= 0.6 is 0 Å². The molecule has 0 amide bonds. The summed E-state index contributed by atoms with van der Waals surface area (Å²) in [7, 11) is 0. The number of hydrogen-bond donors (Lipinski definition) is 2. The van der Waals surface area contributed by atoms with Gasteiger partial charge in [-0.05, 0) is 80.2 Å². The highest BCUT2D eigenvalue weighted by atomic mass is 16.5. The van der Waals surface area contributed by atoms with Gasteiger partial charge in [-0.15, -0.1) is 0 Å². The molecule has 3 aromatic rings. The van der Waals surface area contributed by atoms with Crippen LogP contribution in [0.1, 0.15) is 45.1 Å². The van der Waals surface area contributed by atoms with Crippen LogP contribution in [0.15, 0.2) is 47.4 Å². The number of fused-ring (bicyclic) bond motifs is 3. The second kappa shape index (κ2) is 10.4. The van der Waals surface area contributed by atoms with Crippen molar-refractivity contribution in [3.8, 4) is 0 Å². The number of nitrogens with one attached hydrogen (secondary N) is 1. The summed E-state index contributed by atoms with van der Waals surface area (Å²) in [6, 6.07) is 12.1. The molecule has 4 atom stereocenters. The van der Waals surface area contributed by atoms with E-state index >= 15 is 0 Å². The van der Waals surface area contributed by atoms with Crippen LogP contribution < -0.4 is 15.8 Å². The molecule has 2 N–H and O–H groups in total. The SMILES string of the molecule is C[C@@H]1C2CCC1C(n1c(=O)ccc3cnc(Nc4ccc(N5CCC(OCC6(CO)COC6)CC5)cc4)nc31)C2. The summed E-state index contributed by atoms with van der Waals surface area (Å²) >= 11 is 0. The molecule has 2 aromatic heterocycles. The molecule has 2 aliphatic heterocycles. The summed E-state index contributed by atoms with van der Waals surface area (Å²) < 4.78 is 13.4. The lowest BCUT2D eigenvalue weighted by molar-refractivity contribution is -0.178. The molecule has 7 rings (SSSR count). The molecule has 3 unspecified atom stereocenters. The number of aliphatic hydroxyl groups is 1. The Bertz CT molecular complexity index is 1410. The van der Waals surface area contributed by atoms with Crippen molar-refractivity contribution >= 4 is 28.4 Å². The van der Waals surface area contributed by atoms with Crippen LogP contribution in [0, 0.1) is 23.2 Å². The van der Waals surface area contributed by atoms with Gasteiger partial charge in [0, 0.05) is 48.2 Å². The van der Waals surface area contributed by atoms with Crippen molar-refractivity contribution < 1.29 is 14.6 Å². The third-order valence-corrected chi connectivity index (χ3v) is 10.0. The molecule has 2 saturated carbocycles. The van der Waals surface area contributed by atoms with E-state index in [1.54, 1.807) is 6.07 Å². The van der Waals surface area contributed by atoms with Crippen LogP contribution in [0.25, 0.3) is 11.0 Å². The molecule has 1 aromatic carbocycles. The third kappa shape index (κ3) is 4.67. The molecule has 9 nitrogen and oxygen atoms in total. The van der Waals surface area contributed by atoms with Gasteiger partial charge in [-0.25, -0.2) is 4.98 Å². The Morgan fingerprint density at radius 2 is 1.90 bits per heavy atom. The number of anilines is 3. The summed E-state index contributed by atoms with van der Waals surface area (Å²) in [5.74, 6) is 2.45. The molecule has 9 heteroatoms. The smallest absolute Gasteiger partial charge is 0.252 e. The van der Waals surface area contributed by atoms with Crippen molar-refractivity contribution in [2.24, 2.45) is 23.2 Å². The normalized spacial score (nSPS) is 27.7. The quantitative estimate of drug-likeness (QED) is 0.436. The van der Waals surface area contributed by atoms with Gasteiger partial charge in [0.1, 0.15) is 5.65 Å². The highest BCUT2D eigenvalue weighted by Crippen LogP contribution is 2.54. The van der Waals surface area contributed by atoms with Crippen molar-refractivity contribution in [1.82, 2.24) is 14.5 Å². The molecule has 0 radical (unpaired) electrons. The zero-order valence-corrected chi connectivity index (χ0v) is 23.2. The third-order valence-electron chi connectivity index (χ3n) is 10.0. The van der Waals surface area contributed by atoms with Crippen molar-refractivity contribution in [1.29, 1.82) is 0 Å². The van der Waals surface area contributed by atoms with E-state index < -0.39 is 0 Å². The minimum atomic E-state index is -0.193. The van der Waals surface area contributed by atoms with E-state index in [0.29, 0.717) is 43.5 Å².